The van der Waals surface area contributed by atoms with E-state index >= 15 is 0 Å². The van der Waals surface area contributed by atoms with Gasteiger partial charge < -0.3 is 10.0 Å². The van der Waals surface area contributed by atoms with Crippen LogP contribution >= 0.6 is 0 Å². The summed E-state index contributed by atoms with van der Waals surface area (Å²) in [6, 6.07) is 4.63. The fourth-order valence-electron chi connectivity index (χ4n) is 2.60. The van der Waals surface area contributed by atoms with Crippen molar-refractivity contribution in [2.24, 2.45) is 5.11 Å². The largest absolute Gasteiger partial charge is 0.481 e. The maximum absolute atomic E-state index is 11.6. The number of benzene rings is 1. The summed E-state index contributed by atoms with van der Waals surface area (Å²) in [6.07, 6.45) is 1.43. The van der Waals surface area contributed by atoms with Crippen molar-refractivity contribution in [1.29, 1.82) is 0 Å². The second-order valence-electron chi connectivity index (χ2n) is 4.98. The molecule has 1 atom stereocenters. The molecule has 2 rings (SSSR count). The maximum Gasteiger partial charge on any atom is 0.304 e. The summed E-state index contributed by atoms with van der Waals surface area (Å²) in [7, 11) is 0. The molecule has 1 aromatic rings. The minimum absolute atomic E-state index is 0.0131. The molecule has 0 saturated carbocycles. The zero-order valence-corrected chi connectivity index (χ0v) is 11.7. The van der Waals surface area contributed by atoms with E-state index in [0.29, 0.717) is 12.1 Å². The van der Waals surface area contributed by atoms with Crippen molar-refractivity contribution in [1.82, 2.24) is 0 Å². The Hall–Kier alpha value is -2.53. The smallest absolute Gasteiger partial charge is 0.304 e. The molecule has 1 aromatic carbocycles. The molecule has 0 bridgehead atoms. The summed E-state index contributed by atoms with van der Waals surface area (Å²) in [6.45, 7) is 2.22. The first-order chi connectivity index (χ1) is 10.0. The number of carboxylic acids is 1. The first kappa shape index (κ1) is 14.9. The van der Waals surface area contributed by atoms with Crippen LogP contribution in [-0.2, 0) is 16.0 Å². The molecule has 7 nitrogen and oxygen atoms in total. The van der Waals surface area contributed by atoms with Gasteiger partial charge in [-0.3, -0.25) is 9.59 Å². The molecule has 1 aliphatic rings. The summed E-state index contributed by atoms with van der Waals surface area (Å²) in [5, 5.41) is 12.4. The molecule has 1 aliphatic heterocycles. The van der Waals surface area contributed by atoms with Gasteiger partial charge in [-0.1, -0.05) is 17.2 Å². The number of aryl methyl sites for hydroxylation is 1. The van der Waals surface area contributed by atoms with Crippen LogP contribution < -0.4 is 4.90 Å². The minimum Gasteiger partial charge on any atom is -0.481 e. The van der Waals surface area contributed by atoms with Gasteiger partial charge in [0.2, 0.25) is 5.91 Å². The summed E-state index contributed by atoms with van der Waals surface area (Å²) in [5.74, 6) is -1.03. The Labute approximate surface area is 121 Å². The predicted octanol–water partition coefficient (Wildman–Crippen LogP) is 2.81. The standard InChI is InChI=1S/C14H16N4O3/c1-9(19)18-6-2-3-11-7-10(4-5-13(11)18)12(16-17-15)8-14(20)21/h4-5,7,12H,2-3,6,8H2,1H3,(H,20,21). The second-order valence-corrected chi connectivity index (χ2v) is 4.98. The molecule has 0 spiro atoms. The molecular formula is C14H16N4O3. The molecular weight excluding hydrogens is 272 g/mol. The first-order valence-electron chi connectivity index (χ1n) is 6.70. The number of nitrogens with zero attached hydrogens (tertiary/aromatic N) is 4. The molecule has 7 heteroatoms. The molecule has 1 heterocycles. The van der Waals surface area contributed by atoms with Gasteiger partial charge in [-0.25, -0.2) is 0 Å². The Kier molecular flexibility index (Phi) is 4.45. The van der Waals surface area contributed by atoms with Crippen LogP contribution in [0.3, 0.4) is 0 Å². The molecule has 1 amide bonds. The van der Waals surface area contributed by atoms with E-state index in [-0.39, 0.29) is 12.3 Å². The number of azide groups is 1. The molecule has 0 saturated heterocycles. The van der Waals surface area contributed by atoms with Crippen molar-refractivity contribution in [3.63, 3.8) is 0 Å². The number of aliphatic carboxylic acids is 1. The molecule has 0 fully saturated rings. The molecule has 110 valence electrons. The van der Waals surface area contributed by atoms with Crippen molar-refractivity contribution < 1.29 is 14.7 Å². The van der Waals surface area contributed by atoms with Crippen LogP contribution in [0.5, 0.6) is 0 Å². The van der Waals surface area contributed by atoms with Crippen LogP contribution in [0.1, 0.15) is 36.9 Å². The van der Waals surface area contributed by atoms with Gasteiger partial charge in [0.05, 0.1) is 12.5 Å². The third-order valence-electron chi connectivity index (χ3n) is 3.55. The van der Waals surface area contributed by atoms with Crippen LogP contribution in [0.15, 0.2) is 23.3 Å². The summed E-state index contributed by atoms with van der Waals surface area (Å²) in [5.41, 5.74) is 11.1. The zero-order valence-electron chi connectivity index (χ0n) is 11.7. The highest BCUT2D eigenvalue weighted by Crippen LogP contribution is 2.32. The predicted molar refractivity (Wildman–Crippen MR) is 76.9 cm³/mol. The number of anilines is 1. The van der Waals surface area contributed by atoms with Crippen LogP contribution in [-0.4, -0.2) is 23.5 Å². The SMILES string of the molecule is CC(=O)N1CCCc2cc(C(CC(=O)O)N=[N+]=[N-])ccc21. The van der Waals surface area contributed by atoms with E-state index in [1.54, 1.807) is 17.0 Å². The summed E-state index contributed by atoms with van der Waals surface area (Å²) in [4.78, 5) is 26.9. The lowest BCUT2D eigenvalue weighted by Crippen LogP contribution is -2.33. The van der Waals surface area contributed by atoms with Gasteiger partial charge >= 0.3 is 5.97 Å². The van der Waals surface area contributed by atoms with Crippen molar-refractivity contribution in [2.75, 3.05) is 11.4 Å². The van der Waals surface area contributed by atoms with E-state index in [2.05, 4.69) is 10.0 Å². The number of carbonyl (C=O) groups excluding carboxylic acids is 1. The van der Waals surface area contributed by atoms with Crippen LogP contribution in [0.2, 0.25) is 0 Å². The number of hydrogen-bond donors (Lipinski definition) is 1. The van der Waals surface area contributed by atoms with Gasteiger partial charge in [-0.05, 0) is 35.6 Å². The lowest BCUT2D eigenvalue weighted by Gasteiger charge is -2.29. The highest BCUT2D eigenvalue weighted by atomic mass is 16.4. The third-order valence-corrected chi connectivity index (χ3v) is 3.55. The van der Waals surface area contributed by atoms with Crippen LogP contribution in [0.4, 0.5) is 5.69 Å². The maximum atomic E-state index is 11.6. The Morgan fingerprint density at radius 1 is 1.52 bits per heavy atom. The molecule has 0 aliphatic carbocycles. The van der Waals surface area contributed by atoms with Crippen molar-refractivity contribution >= 4 is 17.6 Å². The normalized spacial score (nSPS) is 14.8. The van der Waals surface area contributed by atoms with E-state index in [1.165, 1.54) is 6.92 Å². The Morgan fingerprint density at radius 2 is 2.29 bits per heavy atom. The van der Waals surface area contributed by atoms with E-state index in [1.807, 2.05) is 6.07 Å². The van der Waals surface area contributed by atoms with Crippen molar-refractivity contribution in [3.8, 4) is 0 Å². The molecule has 0 aromatic heterocycles. The fourth-order valence-corrected chi connectivity index (χ4v) is 2.60. The lowest BCUT2D eigenvalue weighted by molar-refractivity contribution is -0.137. The van der Waals surface area contributed by atoms with Gasteiger partial charge in [-0.15, -0.1) is 0 Å². The Morgan fingerprint density at radius 3 is 2.90 bits per heavy atom. The topological polar surface area (TPSA) is 106 Å². The van der Waals surface area contributed by atoms with Gasteiger partial charge in [0.1, 0.15) is 0 Å². The quantitative estimate of drug-likeness (QED) is 0.523. The van der Waals surface area contributed by atoms with Gasteiger partial charge in [0, 0.05) is 24.1 Å². The molecule has 1 unspecified atom stereocenters. The first-order valence-corrected chi connectivity index (χ1v) is 6.70. The van der Waals surface area contributed by atoms with Crippen molar-refractivity contribution in [3.05, 3.63) is 39.8 Å². The van der Waals surface area contributed by atoms with Crippen LogP contribution in [0.25, 0.3) is 10.4 Å². The van der Waals surface area contributed by atoms with Gasteiger partial charge in [-0.2, -0.15) is 0 Å². The van der Waals surface area contributed by atoms with Gasteiger partial charge in [0.15, 0.2) is 0 Å². The Bertz CT molecular complexity index is 623. The van der Waals surface area contributed by atoms with E-state index < -0.39 is 12.0 Å². The molecule has 1 N–H and O–H groups in total. The molecule has 0 radical (unpaired) electrons. The van der Waals surface area contributed by atoms with E-state index in [9.17, 15) is 9.59 Å². The number of fused-ring (bicyclic) bond motifs is 1. The average Bonchev–Trinajstić information content (AvgIpc) is 2.45. The van der Waals surface area contributed by atoms with Gasteiger partial charge in [0.25, 0.3) is 0 Å². The lowest BCUT2D eigenvalue weighted by atomic mass is 9.95. The Balaban J connectivity index is 2.37. The third kappa shape index (κ3) is 3.32. The monoisotopic (exact) mass is 288 g/mol. The van der Waals surface area contributed by atoms with E-state index in [0.717, 1.165) is 24.1 Å². The van der Waals surface area contributed by atoms with Crippen molar-refractivity contribution in [2.45, 2.75) is 32.2 Å². The zero-order chi connectivity index (χ0) is 15.4. The number of rotatable bonds is 4. The summed E-state index contributed by atoms with van der Waals surface area (Å²) >= 11 is 0. The second kappa shape index (κ2) is 6.28. The number of hydrogen-bond acceptors (Lipinski definition) is 3. The minimum atomic E-state index is -1.02. The number of carbonyl (C=O) groups is 2. The van der Waals surface area contributed by atoms with E-state index in [4.69, 9.17) is 10.6 Å². The van der Waals surface area contributed by atoms with Crippen LogP contribution in [0, 0.1) is 0 Å². The highest BCUT2D eigenvalue weighted by molar-refractivity contribution is 5.92. The highest BCUT2D eigenvalue weighted by Gasteiger charge is 2.22. The number of carboxylic acid groups (broad SMARTS) is 1. The fraction of sp³-hybridized carbons (Fsp3) is 0.429. The number of amides is 1. The molecule has 21 heavy (non-hydrogen) atoms. The average molecular weight is 288 g/mol. The summed E-state index contributed by atoms with van der Waals surface area (Å²) < 4.78 is 0.